The summed E-state index contributed by atoms with van der Waals surface area (Å²) in [5.74, 6) is -2.78. The van der Waals surface area contributed by atoms with Gasteiger partial charge < -0.3 is 10.2 Å². The Morgan fingerprint density at radius 3 is 1.83 bits per heavy atom. The molecule has 0 heterocycles. The molecule has 0 fully saturated rings. The van der Waals surface area contributed by atoms with Crippen LogP contribution < -0.4 is 0 Å². The second kappa shape index (κ2) is 14.2. The number of carboxylic acid groups (broad SMARTS) is 2. The van der Waals surface area contributed by atoms with Crippen molar-refractivity contribution < 1.29 is 24.6 Å². The van der Waals surface area contributed by atoms with Crippen LogP contribution in [0.1, 0.15) is 90.4 Å². The number of carboxylic acids is 2. The molecular formula is C18H32O5. The monoisotopic (exact) mass is 328 g/mol. The van der Waals surface area contributed by atoms with Gasteiger partial charge >= 0.3 is 11.9 Å². The second-order valence-corrected chi connectivity index (χ2v) is 6.22. The third-order valence-electron chi connectivity index (χ3n) is 4.10. The van der Waals surface area contributed by atoms with Crippen LogP contribution in [0.2, 0.25) is 0 Å². The number of hydrogen-bond donors (Lipinski definition) is 2. The van der Waals surface area contributed by atoms with Gasteiger partial charge in [0.25, 0.3) is 0 Å². The summed E-state index contributed by atoms with van der Waals surface area (Å²) in [5, 5.41) is 17.7. The summed E-state index contributed by atoms with van der Waals surface area (Å²) >= 11 is 0. The maximum absolute atomic E-state index is 12.0. The minimum Gasteiger partial charge on any atom is -0.481 e. The molecule has 5 nitrogen and oxygen atoms in total. The highest BCUT2D eigenvalue weighted by Crippen LogP contribution is 2.17. The molecule has 0 aliphatic carbocycles. The minimum atomic E-state index is -1.01. The lowest BCUT2D eigenvalue weighted by Crippen LogP contribution is -2.23. The molecule has 0 saturated heterocycles. The third kappa shape index (κ3) is 12.8. The number of carbonyl (C=O) groups excluding carboxylic acids is 1. The highest BCUT2D eigenvalue weighted by molar-refractivity contribution is 5.98. The zero-order chi connectivity index (χ0) is 17.5. The van der Waals surface area contributed by atoms with Crippen molar-refractivity contribution in [2.45, 2.75) is 90.4 Å². The summed E-state index contributed by atoms with van der Waals surface area (Å²) in [7, 11) is 0. The lowest BCUT2D eigenvalue weighted by Gasteiger charge is -2.11. The van der Waals surface area contributed by atoms with Crippen molar-refractivity contribution in [3.8, 4) is 0 Å². The number of carbonyl (C=O) groups is 3. The van der Waals surface area contributed by atoms with Gasteiger partial charge in [0, 0.05) is 12.8 Å². The molecule has 23 heavy (non-hydrogen) atoms. The average molecular weight is 328 g/mol. The van der Waals surface area contributed by atoms with E-state index in [1.165, 1.54) is 6.42 Å². The molecule has 2 N–H and O–H groups in total. The molecule has 0 rings (SSSR count). The Bertz CT molecular complexity index is 351. The van der Waals surface area contributed by atoms with Gasteiger partial charge in [0.2, 0.25) is 0 Å². The topological polar surface area (TPSA) is 91.7 Å². The first-order chi connectivity index (χ1) is 11.0. The van der Waals surface area contributed by atoms with E-state index in [4.69, 9.17) is 5.11 Å². The number of hydrogen-bond acceptors (Lipinski definition) is 3. The van der Waals surface area contributed by atoms with E-state index in [1.54, 1.807) is 0 Å². The molecule has 5 heteroatoms. The fourth-order valence-corrected chi connectivity index (χ4v) is 2.65. The fourth-order valence-electron chi connectivity index (χ4n) is 2.65. The zero-order valence-electron chi connectivity index (χ0n) is 14.4. The van der Waals surface area contributed by atoms with Crippen molar-refractivity contribution >= 4 is 17.7 Å². The van der Waals surface area contributed by atoms with Crippen LogP contribution in [0.5, 0.6) is 0 Å². The van der Waals surface area contributed by atoms with Crippen molar-refractivity contribution in [3.63, 3.8) is 0 Å². The predicted molar refractivity (Wildman–Crippen MR) is 89.5 cm³/mol. The first-order valence-electron chi connectivity index (χ1n) is 8.96. The van der Waals surface area contributed by atoms with Crippen LogP contribution in [0.15, 0.2) is 0 Å². The van der Waals surface area contributed by atoms with Crippen molar-refractivity contribution in [3.05, 3.63) is 0 Å². The summed E-state index contributed by atoms with van der Waals surface area (Å²) < 4.78 is 0. The Morgan fingerprint density at radius 2 is 1.26 bits per heavy atom. The van der Waals surface area contributed by atoms with Gasteiger partial charge in [-0.15, -0.1) is 0 Å². The summed E-state index contributed by atoms with van der Waals surface area (Å²) in [6.45, 7) is 2.13. The van der Waals surface area contributed by atoms with E-state index in [-0.39, 0.29) is 12.2 Å². The van der Waals surface area contributed by atoms with E-state index in [2.05, 4.69) is 6.92 Å². The zero-order valence-corrected chi connectivity index (χ0v) is 14.4. The van der Waals surface area contributed by atoms with E-state index in [1.807, 2.05) is 0 Å². The molecule has 0 aromatic carbocycles. The normalized spacial score (nSPS) is 12.0. The molecule has 0 aromatic rings. The van der Waals surface area contributed by atoms with Gasteiger partial charge in [0.1, 0.15) is 11.7 Å². The molecule has 0 spiro atoms. The van der Waals surface area contributed by atoms with Gasteiger partial charge in [-0.05, 0) is 19.3 Å². The van der Waals surface area contributed by atoms with E-state index < -0.39 is 17.9 Å². The van der Waals surface area contributed by atoms with Gasteiger partial charge in [0.05, 0.1) is 0 Å². The van der Waals surface area contributed by atoms with Gasteiger partial charge in [0.15, 0.2) is 0 Å². The van der Waals surface area contributed by atoms with Crippen LogP contribution >= 0.6 is 0 Å². The Hall–Kier alpha value is -1.39. The summed E-state index contributed by atoms with van der Waals surface area (Å²) in [5.41, 5.74) is 0. The van der Waals surface area contributed by atoms with Gasteiger partial charge in [-0.2, -0.15) is 0 Å². The third-order valence-corrected chi connectivity index (χ3v) is 4.10. The molecule has 0 amide bonds. The highest BCUT2D eigenvalue weighted by Gasteiger charge is 2.24. The largest absolute Gasteiger partial charge is 0.481 e. The first-order valence-corrected chi connectivity index (χ1v) is 8.96. The molecule has 1 unspecified atom stereocenters. The molecule has 0 aromatic heterocycles. The quantitative estimate of drug-likeness (QED) is 0.323. The van der Waals surface area contributed by atoms with Crippen LogP contribution in [0, 0.1) is 5.92 Å². The summed E-state index contributed by atoms with van der Waals surface area (Å²) in [6, 6.07) is 0. The van der Waals surface area contributed by atoms with Crippen LogP contribution in [0.4, 0.5) is 0 Å². The fraction of sp³-hybridized carbons (Fsp3) is 0.833. The maximum Gasteiger partial charge on any atom is 0.314 e. The van der Waals surface area contributed by atoms with E-state index in [0.29, 0.717) is 25.7 Å². The number of unbranched alkanes of at least 4 members (excludes halogenated alkanes) is 8. The van der Waals surface area contributed by atoms with E-state index in [0.717, 1.165) is 44.9 Å². The van der Waals surface area contributed by atoms with E-state index >= 15 is 0 Å². The summed E-state index contributed by atoms with van der Waals surface area (Å²) in [6.07, 6.45) is 10.1. The Morgan fingerprint density at radius 1 is 0.739 bits per heavy atom. The molecule has 0 bridgehead atoms. The molecule has 134 valence electrons. The van der Waals surface area contributed by atoms with Crippen molar-refractivity contribution in [2.24, 2.45) is 5.92 Å². The number of ketones is 1. The Balaban J connectivity index is 3.82. The van der Waals surface area contributed by atoms with Crippen LogP contribution in [-0.4, -0.2) is 27.9 Å². The van der Waals surface area contributed by atoms with Crippen LogP contribution in [0.3, 0.4) is 0 Å². The number of aliphatic carboxylic acids is 2. The van der Waals surface area contributed by atoms with Gasteiger partial charge in [-0.3, -0.25) is 14.4 Å². The van der Waals surface area contributed by atoms with Crippen LogP contribution in [0.25, 0.3) is 0 Å². The van der Waals surface area contributed by atoms with Crippen molar-refractivity contribution in [2.75, 3.05) is 0 Å². The number of rotatable bonds is 16. The first kappa shape index (κ1) is 21.6. The Kier molecular flexibility index (Phi) is 13.4. The standard InChI is InChI=1S/C18H32O5/c1-2-3-4-6-10-13-16(19)15(18(22)23)12-9-7-5-8-11-14-17(20)21/h15H,2-14H2,1H3,(H,20,21)(H,22,23). The van der Waals surface area contributed by atoms with Gasteiger partial charge in [-0.1, -0.05) is 58.3 Å². The Labute approximate surface area is 139 Å². The van der Waals surface area contributed by atoms with Crippen molar-refractivity contribution in [1.82, 2.24) is 0 Å². The summed E-state index contributed by atoms with van der Waals surface area (Å²) in [4.78, 5) is 33.6. The lowest BCUT2D eigenvalue weighted by atomic mass is 9.93. The van der Waals surface area contributed by atoms with Crippen LogP contribution in [-0.2, 0) is 14.4 Å². The van der Waals surface area contributed by atoms with Crippen molar-refractivity contribution in [1.29, 1.82) is 0 Å². The second-order valence-electron chi connectivity index (χ2n) is 6.22. The molecule has 1 atom stereocenters. The number of Topliss-reactive ketones (excluding diaryl/α,β-unsaturated/α-hetero) is 1. The lowest BCUT2D eigenvalue weighted by molar-refractivity contribution is -0.146. The maximum atomic E-state index is 12.0. The molecular weight excluding hydrogens is 296 g/mol. The smallest absolute Gasteiger partial charge is 0.314 e. The average Bonchev–Trinajstić information content (AvgIpc) is 2.48. The molecule has 0 radical (unpaired) electrons. The highest BCUT2D eigenvalue weighted by atomic mass is 16.4. The SMILES string of the molecule is CCCCCCCC(=O)C(CCCCCCCC(=O)O)C(=O)O. The molecule has 0 aliphatic rings. The van der Waals surface area contributed by atoms with Gasteiger partial charge in [-0.25, -0.2) is 0 Å². The molecule has 0 aliphatic heterocycles. The minimum absolute atomic E-state index is 0.139. The molecule has 0 saturated carbocycles. The predicted octanol–water partition coefficient (Wildman–Crippen LogP) is 4.43. The van der Waals surface area contributed by atoms with E-state index in [9.17, 15) is 19.5 Å².